The van der Waals surface area contributed by atoms with Crippen molar-refractivity contribution in [1.82, 2.24) is 20.6 Å². The van der Waals surface area contributed by atoms with Crippen molar-refractivity contribution in [1.29, 1.82) is 0 Å². The Hall–Kier alpha value is -1.49. The third-order valence-corrected chi connectivity index (χ3v) is 3.09. The molecular weight excluding hydrogens is 240 g/mol. The molecule has 104 valence electrons. The molecule has 1 atom stereocenters. The van der Waals surface area contributed by atoms with E-state index in [-0.39, 0.29) is 11.4 Å². The first-order valence-electron chi connectivity index (χ1n) is 6.78. The molecular formula is C14H22N4O. The number of amides is 1. The third kappa shape index (κ3) is 4.28. The molecule has 1 fully saturated rings. The quantitative estimate of drug-likeness (QED) is 0.857. The van der Waals surface area contributed by atoms with Gasteiger partial charge in [0.1, 0.15) is 5.69 Å². The van der Waals surface area contributed by atoms with Crippen LogP contribution in [0.15, 0.2) is 12.4 Å². The molecule has 0 aliphatic carbocycles. The Kier molecular flexibility index (Phi) is 4.14. The summed E-state index contributed by atoms with van der Waals surface area (Å²) in [5.74, 6) is 0.470. The molecule has 1 aromatic heterocycles. The number of hydrogen-bond acceptors (Lipinski definition) is 4. The van der Waals surface area contributed by atoms with Crippen molar-refractivity contribution in [2.24, 2.45) is 5.92 Å². The number of hydrogen-bond donors (Lipinski definition) is 2. The number of aromatic nitrogens is 2. The van der Waals surface area contributed by atoms with Crippen LogP contribution in [-0.4, -0.2) is 34.5 Å². The smallest absolute Gasteiger partial charge is 0.271 e. The van der Waals surface area contributed by atoms with Crippen LogP contribution in [0.4, 0.5) is 0 Å². The number of rotatable bonds is 3. The minimum atomic E-state index is -0.257. The molecule has 19 heavy (non-hydrogen) atoms. The summed E-state index contributed by atoms with van der Waals surface area (Å²) in [6.07, 6.45) is 5.41. The molecule has 5 heteroatoms. The lowest BCUT2D eigenvalue weighted by Crippen LogP contribution is -2.41. The summed E-state index contributed by atoms with van der Waals surface area (Å²) in [7, 11) is 0. The molecule has 2 rings (SSSR count). The van der Waals surface area contributed by atoms with Crippen molar-refractivity contribution in [2.75, 3.05) is 13.1 Å². The molecule has 0 radical (unpaired) electrons. The van der Waals surface area contributed by atoms with Gasteiger partial charge in [-0.3, -0.25) is 9.78 Å². The number of nitrogens with zero attached hydrogens (tertiary/aromatic N) is 2. The third-order valence-electron chi connectivity index (χ3n) is 3.09. The highest BCUT2D eigenvalue weighted by atomic mass is 16.2. The van der Waals surface area contributed by atoms with E-state index in [2.05, 4.69) is 20.6 Å². The van der Waals surface area contributed by atoms with Crippen molar-refractivity contribution >= 4 is 5.91 Å². The van der Waals surface area contributed by atoms with Crippen molar-refractivity contribution in [3.63, 3.8) is 0 Å². The molecule has 0 spiro atoms. The van der Waals surface area contributed by atoms with Gasteiger partial charge in [-0.25, -0.2) is 4.98 Å². The molecule has 1 aliphatic heterocycles. The standard InChI is InChI=1S/C14H22N4O/c1-14(2,3)18-13(19)12-9-16-11(8-17-12)6-10-4-5-15-7-10/h8-10,15H,4-7H2,1-3H3,(H,18,19). The Balaban J connectivity index is 1.95. The first-order chi connectivity index (χ1) is 8.94. The number of nitrogens with one attached hydrogen (secondary N) is 2. The minimum Gasteiger partial charge on any atom is -0.346 e. The van der Waals surface area contributed by atoms with Crippen molar-refractivity contribution < 1.29 is 4.79 Å². The maximum absolute atomic E-state index is 11.9. The minimum absolute atomic E-state index is 0.172. The lowest BCUT2D eigenvalue weighted by atomic mass is 10.0. The summed E-state index contributed by atoms with van der Waals surface area (Å²) in [6, 6.07) is 0. The summed E-state index contributed by atoms with van der Waals surface area (Å²) in [6.45, 7) is 7.97. The second-order valence-electron chi connectivity index (χ2n) is 6.16. The Morgan fingerprint density at radius 3 is 2.74 bits per heavy atom. The monoisotopic (exact) mass is 262 g/mol. The van der Waals surface area contributed by atoms with E-state index in [1.807, 2.05) is 20.8 Å². The molecule has 5 nitrogen and oxygen atoms in total. The van der Waals surface area contributed by atoms with Gasteiger partial charge >= 0.3 is 0 Å². The first kappa shape index (κ1) is 13.9. The molecule has 0 saturated carbocycles. The van der Waals surface area contributed by atoms with Gasteiger partial charge in [0.05, 0.1) is 11.9 Å². The zero-order valence-corrected chi connectivity index (χ0v) is 11.9. The topological polar surface area (TPSA) is 66.9 Å². The Morgan fingerprint density at radius 1 is 1.42 bits per heavy atom. The van der Waals surface area contributed by atoms with Gasteiger partial charge in [-0.05, 0) is 52.6 Å². The molecule has 1 saturated heterocycles. The second kappa shape index (κ2) is 5.65. The maximum Gasteiger partial charge on any atom is 0.271 e. The largest absolute Gasteiger partial charge is 0.346 e. The van der Waals surface area contributed by atoms with Crippen molar-refractivity contribution in [2.45, 2.75) is 39.2 Å². The summed E-state index contributed by atoms with van der Waals surface area (Å²) in [4.78, 5) is 20.4. The van der Waals surface area contributed by atoms with E-state index < -0.39 is 0 Å². The average molecular weight is 262 g/mol. The highest BCUT2D eigenvalue weighted by molar-refractivity contribution is 5.92. The molecule has 2 N–H and O–H groups in total. The van der Waals surface area contributed by atoms with Gasteiger partial charge in [0.25, 0.3) is 5.91 Å². The van der Waals surface area contributed by atoms with Crippen molar-refractivity contribution in [3.05, 3.63) is 23.8 Å². The molecule has 1 aliphatic rings. The van der Waals surface area contributed by atoms with Crippen molar-refractivity contribution in [3.8, 4) is 0 Å². The van der Waals surface area contributed by atoms with Crippen LogP contribution < -0.4 is 10.6 Å². The highest BCUT2D eigenvalue weighted by Crippen LogP contribution is 2.13. The summed E-state index contributed by atoms with van der Waals surface area (Å²) < 4.78 is 0. The predicted molar refractivity (Wildman–Crippen MR) is 73.9 cm³/mol. The zero-order chi connectivity index (χ0) is 13.9. The summed E-state index contributed by atoms with van der Waals surface area (Å²) >= 11 is 0. The molecule has 1 aromatic rings. The van der Waals surface area contributed by atoms with E-state index in [0.29, 0.717) is 11.6 Å². The fraction of sp³-hybridized carbons (Fsp3) is 0.643. The van der Waals surface area contributed by atoms with Crippen LogP contribution in [0, 0.1) is 5.92 Å². The molecule has 1 amide bonds. The van der Waals surface area contributed by atoms with Crippen LogP contribution in [0.1, 0.15) is 43.4 Å². The van der Waals surface area contributed by atoms with Gasteiger partial charge < -0.3 is 10.6 Å². The van der Waals surface area contributed by atoms with Gasteiger partial charge in [0.2, 0.25) is 0 Å². The van der Waals surface area contributed by atoms with E-state index in [1.165, 1.54) is 6.42 Å². The van der Waals surface area contributed by atoms with Gasteiger partial charge in [-0.1, -0.05) is 0 Å². The Labute approximate surface area is 114 Å². The normalized spacial score (nSPS) is 19.4. The van der Waals surface area contributed by atoms with E-state index in [1.54, 1.807) is 12.4 Å². The zero-order valence-electron chi connectivity index (χ0n) is 11.9. The van der Waals surface area contributed by atoms with E-state index in [9.17, 15) is 4.79 Å². The molecule has 2 heterocycles. The van der Waals surface area contributed by atoms with Gasteiger partial charge in [0.15, 0.2) is 0 Å². The van der Waals surface area contributed by atoms with E-state index in [0.717, 1.165) is 25.2 Å². The van der Waals surface area contributed by atoms with Gasteiger partial charge in [-0.2, -0.15) is 0 Å². The second-order valence-corrected chi connectivity index (χ2v) is 6.16. The van der Waals surface area contributed by atoms with Gasteiger partial charge in [0, 0.05) is 11.7 Å². The molecule has 0 bridgehead atoms. The highest BCUT2D eigenvalue weighted by Gasteiger charge is 2.18. The Morgan fingerprint density at radius 2 is 2.21 bits per heavy atom. The predicted octanol–water partition coefficient (Wildman–Crippen LogP) is 1.16. The summed E-state index contributed by atoms with van der Waals surface area (Å²) in [5, 5.41) is 6.21. The summed E-state index contributed by atoms with van der Waals surface area (Å²) in [5.41, 5.74) is 1.08. The lowest BCUT2D eigenvalue weighted by molar-refractivity contribution is 0.0914. The molecule has 0 aromatic carbocycles. The number of carbonyl (C=O) groups is 1. The van der Waals surface area contributed by atoms with Crippen LogP contribution in [0.3, 0.4) is 0 Å². The fourth-order valence-corrected chi connectivity index (χ4v) is 2.17. The van der Waals surface area contributed by atoms with E-state index in [4.69, 9.17) is 0 Å². The van der Waals surface area contributed by atoms with Crippen LogP contribution in [0.2, 0.25) is 0 Å². The van der Waals surface area contributed by atoms with Crippen LogP contribution in [-0.2, 0) is 6.42 Å². The SMILES string of the molecule is CC(C)(C)NC(=O)c1cnc(CC2CCNC2)cn1. The molecule has 1 unspecified atom stereocenters. The van der Waals surface area contributed by atoms with Crippen LogP contribution in [0.25, 0.3) is 0 Å². The van der Waals surface area contributed by atoms with Crippen LogP contribution >= 0.6 is 0 Å². The first-order valence-corrected chi connectivity index (χ1v) is 6.78. The maximum atomic E-state index is 11.9. The van der Waals surface area contributed by atoms with Crippen LogP contribution in [0.5, 0.6) is 0 Å². The lowest BCUT2D eigenvalue weighted by Gasteiger charge is -2.20. The fourth-order valence-electron chi connectivity index (χ4n) is 2.17. The average Bonchev–Trinajstić information content (AvgIpc) is 2.80. The van der Waals surface area contributed by atoms with E-state index >= 15 is 0 Å². The Bertz CT molecular complexity index is 430. The number of carbonyl (C=O) groups excluding carboxylic acids is 1. The van der Waals surface area contributed by atoms with Gasteiger partial charge in [-0.15, -0.1) is 0 Å².